The Bertz CT molecular complexity index is 1320. The van der Waals surface area contributed by atoms with Gasteiger partial charge in [-0.1, -0.05) is 72.8 Å². The van der Waals surface area contributed by atoms with Crippen LogP contribution in [0.3, 0.4) is 0 Å². The molecule has 9 heteroatoms. The van der Waals surface area contributed by atoms with Crippen molar-refractivity contribution in [3.8, 4) is 0 Å². The Labute approximate surface area is 247 Å². The lowest BCUT2D eigenvalue weighted by Gasteiger charge is -2.28. The van der Waals surface area contributed by atoms with Crippen molar-refractivity contribution < 1.29 is 24.6 Å². The molecule has 5 atom stereocenters. The highest BCUT2D eigenvalue weighted by molar-refractivity contribution is 5.94. The summed E-state index contributed by atoms with van der Waals surface area (Å²) in [4.78, 5) is 34.6. The SMILES string of the molecule is C[C@@H](O)[C@H]1[C@@H](CO)ON(Cc2cccc(CNC(=O)c3ccccc3)c2)[C@H]1C(=O)N[C@@H]1CCN(Cc2ccccc2)C1. The van der Waals surface area contributed by atoms with Gasteiger partial charge in [0.15, 0.2) is 0 Å². The van der Waals surface area contributed by atoms with Crippen molar-refractivity contribution in [3.63, 3.8) is 0 Å². The Balaban J connectivity index is 1.24. The summed E-state index contributed by atoms with van der Waals surface area (Å²) in [6, 6.07) is 26.3. The van der Waals surface area contributed by atoms with Crippen LogP contribution in [0.15, 0.2) is 84.9 Å². The normalized spacial score (nSPS) is 23.5. The fraction of sp³-hybridized carbons (Fsp3) is 0.394. The number of carbonyl (C=O) groups is 2. The molecule has 3 aromatic carbocycles. The largest absolute Gasteiger partial charge is 0.394 e. The topological polar surface area (TPSA) is 114 Å². The van der Waals surface area contributed by atoms with Gasteiger partial charge < -0.3 is 20.8 Å². The summed E-state index contributed by atoms with van der Waals surface area (Å²) in [5.74, 6) is -0.958. The fourth-order valence-corrected chi connectivity index (χ4v) is 5.99. The van der Waals surface area contributed by atoms with E-state index in [1.165, 1.54) is 5.56 Å². The predicted octanol–water partition coefficient (Wildman–Crippen LogP) is 2.48. The number of likely N-dealkylation sites (tertiary alicyclic amines) is 1. The number of hydrogen-bond donors (Lipinski definition) is 4. The summed E-state index contributed by atoms with van der Waals surface area (Å²) in [6.07, 6.45) is -0.723. The van der Waals surface area contributed by atoms with Crippen molar-refractivity contribution in [2.45, 2.75) is 57.3 Å². The number of carbonyl (C=O) groups excluding carboxylic acids is 2. The molecule has 2 aliphatic heterocycles. The van der Waals surface area contributed by atoms with Gasteiger partial charge in [-0.2, -0.15) is 5.06 Å². The first-order valence-electron chi connectivity index (χ1n) is 14.6. The van der Waals surface area contributed by atoms with Crippen molar-refractivity contribution in [2.24, 2.45) is 5.92 Å². The first-order chi connectivity index (χ1) is 20.4. The number of nitrogens with one attached hydrogen (secondary N) is 2. The van der Waals surface area contributed by atoms with Crippen LogP contribution in [0.2, 0.25) is 0 Å². The summed E-state index contributed by atoms with van der Waals surface area (Å²) in [7, 11) is 0. The molecule has 9 nitrogen and oxygen atoms in total. The van der Waals surface area contributed by atoms with E-state index in [1.54, 1.807) is 24.1 Å². The molecule has 5 rings (SSSR count). The Hall–Kier alpha value is -3.60. The summed E-state index contributed by atoms with van der Waals surface area (Å²) in [5.41, 5.74) is 3.63. The quantitative estimate of drug-likeness (QED) is 0.279. The molecule has 2 amide bonds. The van der Waals surface area contributed by atoms with Crippen molar-refractivity contribution >= 4 is 11.8 Å². The molecule has 3 aromatic rings. The lowest BCUT2D eigenvalue weighted by atomic mass is 9.89. The summed E-state index contributed by atoms with van der Waals surface area (Å²) in [6.45, 7) is 4.41. The monoisotopic (exact) mass is 572 g/mol. The smallest absolute Gasteiger partial charge is 0.251 e. The average Bonchev–Trinajstić information content (AvgIpc) is 3.60. The Morgan fingerprint density at radius 1 is 0.952 bits per heavy atom. The van der Waals surface area contributed by atoms with Crippen LogP contribution in [0.4, 0.5) is 0 Å². The van der Waals surface area contributed by atoms with Gasteiger partial charge in [0.1, 0.15) is 12.1 Å². The molecule has 0 spiro atoms. The van der Waals surface area contributed by atoms with Crippen molar-refractivity contribution in [1.29, 1.82) is 0 Å². The third-order valence-corrected chi connectivity index (χ3v) is 8.07. The van der Waals surface area contributed by atoms with Gasteiger partial charge in [-0.05, 0) is 42.2 Å². The minimum absolute atomic E-state index is 0.0116. The van der Waals surface area contributed by atoms with Crippen LogP contribution in [0.1, 0.15) is 40.4 Å². The molecular weight excluding hydrogens is 532 g/mol. The predicted molar refractivity (Wildman–Crippen MR) is 159 cm³/mol. The molecule has 0 unspecified atom stereocenters. The van der Waals surface area contributed by atoms with E-state index in [-0.39, 0.29) is 31.0 Å². The lowest BCUT2D eigenvalue weighted by Crippen LogP contribution is -2.51. The van der Waals surface area contributed by atoms with Crippen LogP contribution in [-0.2, 0) is 29.3 Å². The Morgan fingerprint density at radius 3 is 2.36 bits per heavy atom. The van der Waals surface area contributed by atoms with Gasteiger partial charge in [0.2, 0.25) is 5.91 Å². The van der Waals surface area contributed by atoms with Gasteiger partial charge in [-0.3, -0.25) is 19.3 Å². The second-order valence-corrected chi connectivity index (χ2v) is 11.2. The molecule has 0 aromatic heterocycles. The maximum Gasteiger partial charge on any atom is 0.251 e. The second kappa shape index (κ2) is 14.0. The first-order valence-corrected chi connectivity index (χ1v) is 14.6. The molecule has 0 aliphatic carbocycles. The van der Waals surface area contributed by atoms with E-state index in [9.17, 15) is 19.8 Å². The van der Waals surface area contributed by atoms with E-state index in [0.29, 0.717) is 12.1 Å². The van der Waals surface area contributed by atoms with Crippen LogP contribution >= 0.6 is 0 Å². The van der Waals surface area contributed by atoms with Crippen molar-refractivity contribution in [1.82, 2.24) is 20.6 Å². The summed E-state index contributed by atoms with van der Waals surface area (Å²) in [5, 5.41) is 28.4. The number of hydroxylamine groups is 2. The highest BCUT2D eigenvalue weighted by atomic mass is 16.7. The maximum atomic E-state index is 13.7. The zero-order valence-corrected chi connectivity index (χ0v) is 23.9. The summed E-state index contributed by atoms with van der Waals surface area (Å²) >= 11 is 0. The first kappa shape index (κ1) is 29.9. The van der Waals surface area contributed by atoms with Gasteiger partial charge in [0.25, 0.3) is 5.91 Å². The molecule has 42 heavy (non-hydrogen) atoms. The van der Waals surface area contributed by atoms with Gasteiger partial charge in [-0.25, -0.2) is 0 Å². The van der Waals surface area contributed by atoms with E-state index in [1.807, 2.05) is 60.7 Å². The Kier molecular flexibility index (Phi) is 9.99. The zero-order chi connectivity index (χ0) is 29.5. The molecule has 222 valence electrons. The zero-order valence-electron chi connectivity index (χ0n) is 23.9. The molecule has 0 bridgehead atoms. The van der Waals surface area contributed by atoms with E-state index >= 15 is 0 Å². The number of nitrogens with zero attached hydrogens (tertiary/aromatic N) is 2. The van der Waals surface area contributed by atoms with Crippen LogP contribution in [0, 0.1) is 5.92 Å². The van der Waals surface area contributed by atoms with Gasteiger partial charge in [-0.15, -0.1) is 0 Å². The highest BCUT2D eigenvalue weighted by Crippen LogP contribution is 2.32. The molecule has 0 radical (unpaired) electrons. The Morgan fingerprint density at radius 2 is 1.64 bits per heavy atom. The number of aliphatic hydroxyl groups is 2. The third-order valence-electron chi connectivity index (χ3n) is 8.07. The maximum absolute atomic E-state index is 13.7. The fourth-order valence-electron chi connectivity index (χ4n) is 5.99. The summed E-state index contributed by atoms with van der Waals surface area (Å²) < 4.78 is 0. The minimum Gasteiger partial charge on any atom is -0.394 e. The van der Waals surface area contributed by atoms with Gasteiger partial charge >= 0.3 is 0 Å². The van der Waals surface area contributed by atoms with E-state index in [0.717, 1.165) is 37.2 Å². The minimum atomic E-state index is -0.861. The van der Waals surface area contributed by atoms with Gasteiger partial charge in [0.05, 0.1) is 19.3 Å². The molecular formula is C33H40N4O5. The van der Waals surface area contributed by atoms with Crippen LogP contribution < -0.4 is 10.6 Å². The highest BCUT2D eigenvalue weighted by Gasteiger charge is 2.49. The van der Waals surface area contributed by atoms with E-state index in [4.69, 9.17) is 4.84 Å². The van der Waals surface area contributed by atoms with Crippen molar-refractivity contribution in [3.05, 3.63) is 107 Å². The van der Waals surface area contributed by atoms with E-state index < -0.39 is 24.2 Å². The number of aliphatic hydroxyl groups excluding tert-OH is 2. The number of benzene rings is 3. The molecule has 2 aliphatic rings. The molecule has 2 saturated heterocycles. The third kappa shape index (κ3) is 7.42. The van der Waals surface area contributed by atoms with Crippen molar-refractivity contribution in [2.75, 3.05) is 19.7 Å². The number of amides is 2. The standard InChI is InChI=1S/C33H40N4O5/c1-23(39)30-29(22-38)42-37(20-26-12-8-11-25(17-26)18-34-32(40)27-13-6-3-7-14-27)31(30)33(41)35-28-15-16-36(21-28)19-24-9-4-2-5-10-24/h2-14,17,23,28-31,38-39H,15-16,18-22H2,1H3,(H,34,40)(H,35,41)/t23-,28-,29-,30+,31-/m1/s1. The van der Waals surface area contributed by atoms with Gasteiger partial charge in [0, 0.05) is 43.7 Å². The second-order valence-electron chi connectivity index (χ2n) is 11.2. The lowest BCUT2D eigenvalue weighted by molar-refractivity contribution is -0.182. The number of hydrogen-bond acceptors (Lipinski definition) is 7. The van der Waals surface area contributed by atoms with Crippen LogP contribution in [-0.4, -0.2) is 76.0 Å². The molecule has 4 N–H and O–H groups in total. The number of rotatable bonds is 11. The average molecular weight is 573 g/mol. The van der Waals surface area contributed by atoms with E-state index in [2.05, 4.69) is 27.7 Å². The van der Waals surface area contributed by atoms with Crippen LogP contribution in [0.25, 0.3) is 0 Å². The molecule has 2 heterocycles. The molecule has 0 saturated carbocycles. The molecule has 2 fully saturated rings. The van der Waals surface area contributed by atoms with Crippen LogP contribution in [0.5, 0.6) is 0 Å².